The number of ether oxygens (including phenoxy) is 3. The number of hydrogen-bond donors (Lipinski definition) is 3. The van der Waals surface area contributed by atoms with Crippen LogP contribution in [-0.4, -0.2) is 52.0 Å². The van der Waals surface area contributed by atoms with Crippen LogP contribution in [-0.2, 0) is 23.8 Å². The van der Waals surface area contributed by atoms with E-state index in [0.717, 1.165) is 0 Å². The van der Waals surface area contributed by atoms with Gasteiger partial charge in [-0.3, -0.25) is 0 Å². The Hall–Kier alpha value is -2.39. The molecular weight excluding hydrogens is 398 g/mol. The monoisotopic (exact) mass is 423 g/mol. The molecule has 0 spiro atoms. The van der Waals surface area contributed by atoms with Crippen LogP contribution in [0.25, 0.3) is 0 Å². The molecule has 1 atom stereocenters. The van der Waals surface area contributed by atoms with Crippen LogP contribution in [0.15, 0.2) is 46.8 Å². The average Bonchev–Trinajstić information content (AvgIpc) is 2.71. The van der Waals surface area contributed by atoms with Gasteiger partial charge in [0.1, 0.15) is 6.61 Å². The Kier molecular flexibility index (Phi) is 8.66. The summed E-state index contributed by atoms with van der Waals surface area (Å²) < 4.78 is 15.8. The van der Waals surface area contributed by atoms with Crippen molar-refractivity contribution in [1.82, 2.24) is 5.32 Å². The minimum atomic E-state index is -0.792. The normalized spacial score (nSPS) is 16.5. The van der Waals surface area contributed by atoms with E-state index in [1.807, 2.05) is 0 Å². The summed E-state index contributed by atoms with van der Waals surface area (Å²) in [7, 11) is 1.28. The van der Waals surface area contributed by atoms with Crippen LogP contribution in [0.1, 0.15) is 18.4 Å². The number of allylic oxidation sites excluding steroid dienone is 1. The highest BCUT2D eigenvalue weighted by Gasteiger charge is 2.39. The minimum absolute atomic E-state index is 0.0325. The van der Waals surface area contributed by atoms with E-state index in [4.69, 9.17) is 37.3 Å². The quantitative estimate of drug-likeness (QED) is 0.399. The molecule has 1 heterocycles. The largest absolute Gasteiger partial charge is 0.466 e. The Morgan fingerprint density at radius 3 is 2.41 bits per heavy atom. The van der Waals surface area contributed by atoms with Crippen molar-refractivity contribution in [2.45, 2.75) is 12.8 Å². The number of benzene rings is 1. The molecular formula is C20H26ClN3O5. The van der Waals surface area contributed by atoms with Crippen molar-refractivity contribution < 1.29 is 23.8 Å². The van der Waals surface area contributed by atoms with Crippen LogP contribution in [0.2, 0.25) is 5.02 Å². The maximum Gasteiger partial charge on any atom is 0.336 e. The summed E-state index contributed by atoms with van der Waals surface area (Å²) >= 11 is 6.43. The molecule has 5 N–H and O–H groups in total. The number of methoxy groups -OCH3 is 1. The zero-order valence-corrected chi connectivity index (χ0v) is 17.3. The van der Waals surface area contributed by atoms with E-state index in [1.165, 1.54) is 7.11 Å². The summed E-state index contributed by atoms with van der Waals surface area (Å²) in [6, 6.07) is 6.99. The molecule has 0 aliphatic carbocycles. The predicted octanol–water partition coefficient (Wildman–Crippen LogP) is 1.21. The van der Waals surface area contributed by atoms with E-state index in [0.29, 0.717) is 35.1 Å². The van der Waals surface area contributed by atoms with E-state index >= 15 is 0 Å². The molecule has 0 saturated heterocycles. The first kappa shape index (κ1) is 22.9. The first-order valence-electron chi connectivity index (χ1n) is 9.14. The second kappa shape index (κ2) is 11.0. The van der Waals surface area contributed by atoms with Crippen LogP contribution in [0.3, 0.4) is 0 Å². The van der Waals surface area contributed by atoms with Gasteiger partial charge in [0.05, 0.1) is 43.1 Å². The summed E-state index contributed by atoms with van der Waals surface area (Å²) in [5.74, 6) is -1.99. The summed E-state index contributed by atoms with van der Waals surface area (Å²) in [6.45, 7) is 2.64. The summed E-state index contributed by atoms with van der Waals surface area (Å²) in [5, 5.41) is 3.49. The zero-order valence-electron chi connectivity index (χ0n) is 16.5. The number of carbonyl (C=O) groups is 2. The SMILES string of the molecule is COC(=O)C1=C(C)NC(COCCN)=C(C(=O)OCCN)C1c1ccccc1Cl. The fourth-order valence-corrected chi connectivity index (χ4v) is 3.38. The first-order chi connectivity index (χ1) is 14.0. The first-order valence-corrected chi connectivity index (χ1v) is 9.52. The van der Waals surface area contributed by atoms with Gasteiger partial charge in [0.2, 0.25) is 0 Å². The molecule has 158 valence electrons. The number of esters is 2. The molecule has 1 aromatic rings. The van der Waals surface area contributed by atoms with E-state index < -0.39 is 17.9 Å². The Labute approximate surface area is 174 Å². The van der Waals surface area contributed by atoms with Crippen LogP contribution in [0.5, 0.6) is 0 Å². The van der Waals surface area contributed by atoms with Crippen molar-refractivity contribution in [2.75, 3.05) is 40.0 Å². The maximum atomic E-state index is 13.0. The Bertz CT molecular complexity index is 822. The molecule has 29 heavy (non-hydrogen) atoms. The number of halogens is 1. The zero-order chi connectivity index (χ0) is 21.4. The van der Waals surface area contributed by atoms with Gasteiger partial charge in [-0.2, -0.15) is 0 Å². The van der Waals surface area contributed by atoms with Crippen LogP contribution in [0, 0.1) is 0 Å². The number of hydrogen-bond acceptors (Lipinski definition) is 8. The van der Waals surface area contributed by atoms with Gasteiger partial charge in [-0.1, -0.05) is 29.8 Å². The second-order valence-electron chi connectivity index (χ2n) is 6.27. The van der Waals surface area contributed by atoms with Crippen molar-refractivity contribution in [1.29, 1.82) is 0 Å². The van der Waals surface area contributed by atoms with Crippen molar-refractivity contribution in [3.8, 4) is 0 Å². The van der Waals surface area contributed by atoms with Gasteiger partial charge in [-0.05, 0) is 18.6 Å². The van der Waals surface area contributed by atoms with Crippen molar-refractivity contribution in [2.24, 2.45) is 11.5 Å². The van der Waals surface area contributed by atoms with Crippen LogP contribution >= 0.6 is 11.6 Å². The fraction of sp³-hybridized carbons (Fsp3) is 0.400. The van der Waals surface area contributed by atoms with Gasteiger partial charge >= 0.3 is 11.9 Å². The van der Waals surface area contributed by atoms with Gasteiger partial charge in [0, 0.05) is 23.8 Å². The number of dihydropyridines is 1. The third-order valence-electron chi connectivity index (χ3n) is 4.35. The Balaban J connectivity index is 2.65. The highest BCUT2D eigenvalue weighted by Crippen LogP contribution is 2.41. The lowest BCUT2D eigenvalue weighted by Crippen LogP contribution is -2.35. The van der Waals surface area contributed by atoms with Gasteiger partial charge in [-0.15, -0.1) is 0 Å². The molecule has 1 aliphatic heterocycles. The van der Waals surface area contributed by atoms with Gasteiger partial charge < -0.3 is 31.0 Å². The van der Waals surface area contributed by atoms with Gasteiger partial charge in [-0.25, -0.2) is 9.59 Å². The predicted molar refractivity (Wildman–Crippen MR) is 109 cm³/mol. The van der Waals surface area contributed by atoms with E-state index in [1.54, 1.807) is 31.2 Å². The molecule has 0 fully saturated rings. The molecule has 9 heteroatoms. The molecule has 2 rings (SSSR count). The van der Waals surface area contributed by atoms with Gasteiger partial charge in [0.15, 0.2) is 0 Å². The van der Waals surface area contributed by atoms with E-state index in [-0.39, 0.29) is 30.9 Å². The van der Waals surface area contributed by atoms with Crippen molar-refractivity contribution in [3.63, 3.8) is 0 Å². The Morgan fingerprint density at radius 1 is 1.10 bits per heavy atom. The van der Waals surface area contributed by atoms with Crippen LogP contribution in [0.4, 0.5) is 0 Å². The molecule has 0 saturated carbocycles. The third-order valence-corrected chi connectivity index (χ3v) is 4.69. The maximum absolute atomic E-state index is 13.0. The van der Waals surface area contributed by atoms with Crippen LogP contribution < -0.4 is 16.8 Å². The lowest BCUT2D eigenvalue weighted by molar-refractivity contribution is -0.139. The second-order valence-corrected chi connectivity index (χ2v) is 6.68. The highest BCUT2D eigenvalue weighted by molar-refractivity contribution is 6.31. The topological polar surface area (TPSA) is 126 Å². The fourth-order valence-electron chi connectivity index (χ4n) is 3.14. The molecule has 8 nitrogen and oxygen atoms in total. The number of carbonyl (C=O) groups excluding carboxylic acids is 2. The highest BCUT2D eigenvalue weighted by atomic mass is 35.5. The summed E-state index contributed by atoms with van der Waals surface area (Å²) in [6.07, 6.45) is 0. The molecule has 0 bridgehead atoms. The molecule has 0 aromatic heterocycles. The molecule has 1 aromatic carbocycles. The minimum Gasteiger partial charge on any atom is -0.466 e. The average molecular weight is 424 g/mol. The number of nitrogens with one attached hydrogen (secondary N) is 1. The van der Waals surface area contributed by atoms with E-state index in [9.17, 15) is 9.59 Å². The lowest BCUT2D eigenvalue weighted by Gasteiger charge is -2.31. The number of rotatable bonds is 9. The lowest BCUT2D eigenvalue weighted by atomic mass is 9.80. The molecule has 1 aliphatic rings. The summed E-state index contributed by atoms with van der Waals surface area (Å²) in [4.78, 5) is 25.6. The number of nitrogens with two attached hydrogens (primary N) is 2. The summed E-state index contributed by atoms with van der Waals surface area (Å²) in [5.41, 5.74) is 13.0. The molecule has 0 amide bonds. The Morgan fingerprint density at radius 2 is 1.79 bits per heavy atom. The van der Waals surface area contributed by atoms with Crippen molar-refractivity contribution in [3.05, 3.63) is 57.4 Å². The van der Waals surface area contributed by atoms with Gasteiger partial charge in [0.25, 0.3) is 0 Å². The van der Waals surface area contributed by atoms with Crippen molar-refractivity contribution >= 4 is 23.5 Å². The smallest absolute Gasteiger partial charge is 0.336 e. The third kappa shape index (κ3) is 5.36. The molecule has 1 unspecified atom stereocenters. The molecule has 0 radical (unpaired) electrons. The standard InChI is InChI=1S/C20H26ClN3O5/c1-12-16(19(25)27-2)17(13-5-3-4-6-14(13)21)18(20(26)29-10-8-23)15(24-12)11-28-9-7-22/h3-6,17,24H,7-11,22-23H2,1-2H3. The van der Waals surface area contributed by atoms with E-state index in [2.05, 4.69) is 5.32 Å².